The number of carbonyl (C=O) groups excluding carboxylic acids is 1. The zero-order chi connectivity index (χ0) is 20.0. The molecule has 5 nitrogen and oxygen atoms in total. The van der Waals surface area contributed by atoms with Crippen molar-refractivity contribution in [2.24, 2.45) is 0 Å². The van der Waals surface area contributed by atoms with Crippen LogP contribution in [0.15, 0.2) is 42.5 Å². The summed E-state index contributed by atoms with van der Waals surface area (Å²) in [6, 6.07) is 12.4. The molecule has 0 saturated carbocycles. The predicted molar refractivity (Wildman–Crippen MR) is 111 cm³/mol. The molecule has 2 aromatic carbocycles. The molecule has 0 aromatic heterocycles. The van der Waals surface area contributed by atoms with E-state index in [0.29, 0.717) is 28.7 Å². The number of nitrogens with zero attached hydrogens (tertiary/aromatic N) is 1. The van der Waals surface area contributed by atoms with Gasteiger partial charge in [0.1, 0.15) is 0 Å². The molecule has 0 aliphatic rings. The zero-order valence-electron chi connectivity index (χ0n) is 15.2. The number of benzene rings is 2. The lowest BCUT2D eigenvalue weighted by Crippen LogP contribution is -2.32. The molecule has 0 fully saturated rings. The Bertz CT molecular complexity index is 917. The van der Waals surface area contributed by atoms with E-state index in [4.69, 9.17) is 23.2 Å². The van der Waals surface area contributed by atoms with Crippen LogP contribution in [0.2, 0.25) is 10.0 Å². The first-order valence-electron chi connectivity index (χ1n) is 8.42. The summed E-state index contributed by atoms with van der Waals surface area (Å²) in [7, 11) is -3.43. The van der Waals surface area contributed by atoms with E-state index in [1.165, 1.54) is 10.6 Å². The normalized spacial score (nSPS) is 11.3. The Balaban J connectivity index is 1.91. The monoisotopic (exact) mass is 428 g/mol. The largest absolute Gasteiger partial charge is 0.352 e. The predicted octanol–water partition coefficient (Wildman–Crippen LogP) is 4.16. The highest BCUT2D eigenvalue weighted by Gasteiger charge is 2.19. The van der Waals surface area contributed by atoms with Crippen molar-refractivity contribution in [1.82, 2.24) is 5.32 Å². The first-order chi connectivity index (χ1) is 12.7. The summed E-state index contributed by atoms with van der Waals surface area (Å²) < 4.78 is 25.6. The van der Waals surface area contributed by atoms with E-state index in [0.717, 1.165) is 11.1 Å². The molecule has 0 atom stereocenters. The van der Waals surface area contributed by atoms with Gasteiger partial charge in [-0.3, -0.25) is 9.10 Å². The Morgan fingerprint density at radius 1 is 1.15 bits per heavy atom. The number of amides is 1. The van der Waals surface area contributed by atoms with Gasteiger partial charge in [0.25, 0.3) is 0 Å². The molecular formula is C19H22Cl2N2O3S. The van der Waals surface area contributed by atoms with Crippen molar-refractivity contribution >= 4 is 44.8 Å². The maximum absolute atomic E-state index is 12.1. The Morgan fingerprint density at radius 3 is 2.48 bits per heavy atom. The van der Waals surface area contributed by atoms with Crippen molar-refractivity contribution in [1.29, 1.82) is 0 Å². The number of halogens is 2. The summed E-state index contributed by atoms with van der Waals surface area (Å²) in [6.45, 7) is 2.39. The molecule has 0 bridgehead atoms. The van der Waals surface area contributed by atoms with Crippen LogP contribution in [-0.4, -0.2) is 27.1 Å². The van der Waals surface area contributed by atoms with Crippen LogP contribution in [0.5, 0.6) is 0 Å². The highest BCUT2D eigenvalue weighted by molar-refractivity contribution is 7.92. The summed E-state index contributed by atoms with van der Waals surface area (Å²) in [5.74, 6) is -0.167. The van der Waals surface area contributed by atoms with Crippen LogP contribution in [0.25, 0.3) is 0 Å². The van der Waals surface area contributed by atoms with E-state index in [1.807, 2.05) is 19.1 Å². The van der Waals surface area contributed by atoms with E-state index >= 15 is 0 Å². The number of sulfonamides is 1. The second-order valence-corrected chi connectivity index (χ2v) is 8.99. The summed E-state index contributed by atoms with van der Waals surface area (Å²) in [6.07, 6.45) is 1.78. The third kappa shape index (κ3) is 6.41. The van der Waals surface area contributed by atoms with Crippen LogP contribution in [0.4, 0.5) is 5.69 Å². The molecule has 0 heterocycles. The summed E-state index contributed by atoms with van der Waals surface area (Å²) >= 11 is 11.9. The molecule has 2 aromatic rings. The molecule has 0 spiro atoms. The van der Waals surface area contributed by atoms with Crippen LogP contribution in [0.3, 0.4) is 0 Å². The van der Waals surface area contributed by atoms with Crippen LogP contribution >= 0.6 is 23.2 Å². The fourth-order valence-electron chi connectivity index (χ4n) is 2.64. The summed E-state index contributed by atoms with van der Waals surface area (Å²) in [5, 5.41) is 3.81. The van der Waals surface area contributed by atoms with Crippen LogP contribution in [0, 0.1) is 6.92 Å². The average molecular weight is 429 g/mol. The van der Waals surface area contributed by atoms with Crippen LogP contribution in [-0.2, 0) is 21.4 Å². The molecular weight excluding hydrogens is 407 g/mol. The van der Waals surface area contributed by atoms with Gasteiger partial charge in [-0.2, -0.15) is 0 Å². The van der Waals surface area contributed by atoms with Crippen molar-refractivity contribution in [3.63, 3.8) is 0 Å². The molecule has 1 N–H and O–H groups in total. The van der Waals surface area contributed by atoms with E-state index in [9.17, 15) is 13.2 Å². The second-order valence-electron chi connectivity index (χ2n) is 6.24. The summed E-state index contributed by atoms with van der Waals surface area (Å²) in [5.41, 5.74) is 2.27. The number of nitrogens with one attached hydrogen (secondary N) is 1. The zero-order valence-corrected chi connectivity index (χ0v) is 17.5. The van der Waals surface area contributed by atoms with Gasteiger partial charge in [-0.1, -0.05) is 47.5 Å². The van der Waals surface area contributed by atoms with E-state index in [2.05, 4.69) is 5.32 Å². The topological polar surface area (TPSA) is 66.5 Å². The Kier molecular flexibility index (Phi) is 7.53. The minimum Gasteiger partial charge on any atom is -0.352 e. The first kappa shape index (κ1) is 21.5. The molecule has 146 valence electrons. The van der Waals surface area contributed by atoms with Gasteiger partial charge in [0.2, 0.25) is 15.9 Å². The van der Waals surface area contributed by atoms with Gasteiger partial charge in [-0.25, -0.2) is 8.42 Å². The third-order valence-corrected chi connectivity index (χ3v) is 5.81. The van der Waals surface area contributed by atoms with Crippen molar-refractivity contribution in [2.75, 3.05) is 17.1 Å². The number of carbonyl (C=O) groups is 1. The van der Waals surface area contributed by atoms with Crippen molar-refractivity contribution in [2.45, 2.75) is 26.3 Å². The Hall–Kier alpha value is -1.76. The maximum atomic E-state index is 12.1. The number of hydrogen-bond acceptors (Lipinski definition) is 3. The molecule has 0 radical (unpaired) electrons. The maximum Gasteiger partial charge on any atom is 0.232 e. The fourth-order valence-corrected chi connectivity index (χ4v) is 4.14. The van der Waals surface area contributed by atoms with Crippen LogP contribution in [0.1, 0.15) is 24.0 Å². The van der Waals surface area contributed by atoms with Gasteiger partial charge in [0, 0.05) is 29.6 Å². The van der Waals surface area contributed by atoms with Gasteiger partial charge >= 0.3 is 0 Å². The lowest BCUT2D eigenvalue weighted by Gasteiger charge is -2.24. The molecule has 8 heteroatoms. The lowest BCUT2D eigenvalue weighted by molar-refractivity contribution is -0.121. The Labute approximate surface area is 170 Å². The number of para-hydroxylation sites is 1. The summed E-state index contributed by atoms with van der Waals surface area (Å²) in [4.78, 5) is 12.1. The highest BCUT2D eigenvalue weighted by atomic mass is 35.5. The highest BCUT2D eigenvalue weighted by Crippen LogP contribution is 2.23. The van der Waals surface area contributed by atoms with Crippen molar-refractivity contribution in [3.8, 4) is 0 Å². The number of anilines is 1. The molecule has 0 saturated heterocycles. The standard InChI is InChI=1S/C19H22Cl2N2O3S/c1-14-6-3-4-7-18(14)23(27(2,25)26)11-5-8-19(24)22-13-15-9-10-16(20)12-17(15)21/h3-4,6-7,9-10,12H,5,8,11,13H2,1-2H3,(H,22,24). The molecule has 2 rings (SSSR count). The molecule has 27 heavy (non-hydrogen) atoms. The number of hydrogen-bond donors (Lipinski definition) is 1. The number of rotatable bonds is 8. The SMILES string of the molecule is Cc1ccccc1N(CCCC(=O)NCc1ccc(Cl)cc1Cl)S(C)(=O)=O. The van der Waals surface area contributed by atoms with Gasteiger partial charge in [0.05, 0.1) is 11.9 Å². The molecule has 0 aliphatic carbocycles. The fraction of sp³-hybridized carbons (Fsp3) is 0.316. The Morgan fingerprint density at radius 2 is 1.85 bits per heavy atom. The average Bonchev–Trinajstić information content (AvgIpc) is 2.58. The van der Waals surface area contributed by atoms with E-state index in [1.54, 1.807) is 30.3 Å². The van der Waals surface area contributed by atoms with Crippen molar-refractivity contribution in [3.05, 3.63) is 63.6 Å². The van der Waals surface area contributed by atoms with E-state index in [-0.39, 0.29) is 18.9 Å². The van der Waals surface area contributed by atoms with Crippen molar-refractivity contribution < 1.29 is 13.2 Å². The van der Waals surface area contributed by atoms with Crippen LogP contribution < -0.4 is 9.62 Å². The minimum absolute atomic E-state index is 0.167. The van der Waals surface area contributed by atoms with E-state index < -0.39 is 10.0 Å². The lowest BCUT2D eigenvalue weighted by atomic mass is 10.2. The molecule has 0 unspecified atom stereocenters. The van der Waals surface area contributed by atoms with Gasteiger partial charge < -0.3 is 5.32 Å². The third-order valence-electron chi connectivity index (χ3n) is 4.04. The second kappa shape index (κ2) is 9.44. The minimum atomic E-state index is -3.43. The first-order valence-corrected chi connectivity index (χ1v) is 11.0. The number of aryl methyl sites for hydroxylation is 1. The quantitative estimate of drug-likeness (QED) is 0.685. The van der Waals surface area contributed by atoms with Gasteiger partial charge in [0.15, 0.2) is 0 Å². The smallest absolute Gasteiger partial charge is 0.232 e. The molecule has 0 aliphatic heterocycles. The van der Waals surface area contributed by atoms with Gasteiger partial charge in [-0.15, -0.1) is 0 Å². The molecule has 1 amide bonds. The van der Waals surface area contributed by atoms with Gasteiger partial charge in [-0.05, 0) is 42.7 Å².